The first-order chi connectivity index (χ1) is 13.3. The van der Waals surface area contributed by atoms with Gasteiger partial charge in [0, 0.05) is 0 Å². The number of phenolic OH excluding ortho intramolecular Hbond substituents is 2. The van der Waals surface area contributed by atoms with Crippen molar-refractivity contribution in [3.05, 3.63) is 53.1 Å². The quantitative estimate of drug-likeness (QED) is 0.596. The van der Waals surface area contributed by atoms with Gasteiger partial charge in [-0.05, 0) is 96.6 Å². The van der Waals surface area contributed by atoms with Crippen molar-refractivity contribution in [3.8, 4) is 17.2 Å². The molecule has 0 saturated heterocycles. The van der Waals surface area contributed by atoms with Gasteiger partial charge >= 0.3 is 5.97 Å². The van der Waals surface area contributed by atoms with E-state index in [4.69, 9.17) is 0 Å². The summed E-state index contributed by atoms with van der Waals surface area (Å²) in [6.45, 7) is 0. The first-order valence-corrected chi connectivity index (χ1v) is 9.90. The third kappa shape index (κ3) is 2.42. The summed E-state index contributed by atoms with van der Waals surface area (Å²) in [5, 5.41) is 39.2. The van der Waals surface area contributed by atoms with Crippen LogP contribution in [0.2, 0.25) is 0 Å². The van der Waals surface area contributed by atoms with Crippen LogP contribution in [0.3, 0.4) is 0 Å². The maximum Gasteiger partial charge on any atom is 0.339 e. The first kappa shape index (κ1) is 17.4. The zero-order chi connectivity index (χ0) is 19.7. The number of hydrogen-bond donors (Lipinski definition) is 4. The molecule has 2 atom stereocenters. The van der Waals surface area contributed by atoms with Crippen molar-refractivity contribution in [2.75, 3.05) is 0 Å². The number of carboxylic acids is 1. The van der Waals surface area contributed by atoms with Gasteiger partial charge in [-0.2, -0.15) is 0 Å². The monoisotopic (exact) mass is 380 g/mol. The zero-order valence-electron chi connectivity index (χ0n) is 15.6. The predicted molar refractivity (Wildman–Crippen MR) is 103 cm³/mol. The Labute approximate surface area is 163 Å². The lowest BCUT2D eigenvalue weighted by atomic mass is 9.41. The fraction of sp³-hybridized carbons (Fsp3) is 0.435. The van der Waals surface area contributed by atoms with Crippen molar-refractivity contribution < 1.29 is 25.2 Å². The normalized spacial score (nSPS) is 33.1. The van der Waals surface area contributed by atoms with Crippen molar-refractivity contribution in [1.29, 1.82) is 0 Å². The maximum absolute atomic E-state index is 11.5. The largest absolute Gasteiger partial charge is 0.507 e. The van der Waals surface area contributed by atoms with E-state index < -0.39 is 5.97 Å². The van der Waals surface area contributed by atoms with E-state index in [0.717, 1.165) is 43.2 Å². The van der Waals surface area contributed by atoms with Crippen molar-refractivity contribution in [3.63, 3.8) is 0 Å². The van der Waals surface area contributed by atoms with Crippen LogP contribution in [-0.2, 0) is 10.8 Å². The Bertz CT molecular complexity index is 965. The van der Waals surface area contributed by atoms with Gasteiger partial charge in [-0.25, -0.2) is 4.79 Å². The molecular formula is C23H24O5. The summed E-state index contributed by atoms with van der Waals surface area (Å²) in [7, 11) is 0. The molecule has 0 aromatic heterocycles. The number of hydrogen-bond acceptors (Lipinski definition) is 4. The Morgan fingerprint density at radius 1 is 0.786 bits per heavy atom. The van der Waals surface area contributed by atoms with Crippen LogP contribution in [-0.4, -0.2) is 26.4 Å². The van der Waals surface area contributed by atoms with Crippen molar-refractivity contribution in [2.45, 2.75) is 49.4 Å². The third-order valence-electron chi connectivity index (χ3n) is 7.49. The second-order valence-electron chi connectivity index (χ2n) is 9.26. The van der Waals surface area contributed by atoms with Gasteiger partial charge in [-0.15, -0.1) is 0 Å². The van der Waals surface area contributed by atoms with E-state index in [-0.39, 0.29) is 33.6 Å². The highest BCUT2D eigenvalue weighted by Gasteiger charge is 2.58. The zero-order valence-corrected chi connectivity index (χ0v) is 15.6. The molecule has 4 saturated carbocycles. The van der Waals surface area contributed by atoms with E-state index in [2.05, 4.69) is 0 Å². The highest BCUT2D eigenvalue weighted by atomic mass is 16.4. The van der Waals surface area contributed by atoms with Crippen LogP contribution < -0.4 is 0 Å². The molecule has 0 heterocycles. The molecule has 4 aliphatic carbocycles. The number of aromatic carboxylic acids is 1. The standard InChI is InChI=1S/C23H24O5/c24-18-3-1-15(6-17(18)21(27)28)22-8-13-5-14(9-22)11-23(10-13,12-22)16-2-4-19(25)20(26)7-16/h1-4,6-7,13-14,24-26H,5,8-12H2,(H,27,28). The molecule has 146 valence electrons. The van der Waals surface area contributed by atoms with Gasteiger partial charge in [0.2, 0.25) is 0 Å². The highest BCUT2D eigenvalue weighted by molar-refractivity contribution is 5.91. The van der Waals surface area contributed by atoms with Crippen LogP contribution in [0, 0.1) is 11.8 Å². The number of carbonyl (C=O) groups is 1. The average Bonchev–Trinajstić information content (AvgIpc) is 2.63. The highest BCUT2D eigenvalue weighted by Crippen LogP contribution is 2.66. The smallest absolute Gasteiger partial charge is 0.339 e. The molecule has 0 spiro atoms. The summed E-state index contributed by atoms with van der Waals surface area (Å²) in [6, 6.07) is 10.3. The van der Waals surface area contributed by atoms with Gasteiger partial charge in [0.25, 0.3) is 0 Å². The number of carboxylic acid groups (broad SMARTS) is 1. The number of aromatic hydroxyl groups is 3. The maximum atomic E-state index is 11.5. The minimum Gasteiger partial charge on any atom is -0.507 e. The summed E-state index contributed by atoms with van der Waals surface area (Å²) in [5.41, 5.74) is 1.87. The molecule has 6 rings (SSSR count). The Hall–Kier alpha value is -2.69. The first-order valence-electron chi connectivity index (χ1n) is 9.90. The number of rotatable bonds is 3. The van der Waals surface area contributed by atoms with Crippen LogP contribution in [0.1, 0.15) is 60.0 Å². The molecule has 0 amide bonds. The van der Waals surface area contributed by atoms with Gasteiger partial charge in [0.15, 0.2) is 11.5 Å². The van der Waals surface area contributed by atoms with Gasteiger partial charge in [0.1, 0.15) is 11.3 Å². The molecule has 0 radical (unpaired) electrons. The summed E-state index contributed by atoms with van der Waals surface area (Å²) >= 11 is 0. The molecule has 5 heteroatoms. The Morgan fingerprint density at radius 2 is 1.32 bits per heavy atom. The second-order valence-corrected chi connectivity index (χ2v) is 9.26. The predicted octanol–water partition coefficient (Wildman–Crippen LogP) is 4.29. The Kier molecular flexibility index (Phi) is 3.52. The van der Waals surface area contributed by atoms with Gasteiger partial charge in [0.05, 0.1) is 0 Å². The van der Waals surface area contributed by atoms with Gasteiger partial charge < -0.3 is 20.4 Å². The topological polar surface area (TPSA) is 98.0 Å². The van der Waals surface area contributed by atoms with E-state index >= 15 is 0 Å². The SMILES string of the molecule is O=C(O)c1cc(C23CC4CC(CC(c5ccc(O)c(O)c5)(C4)C2)C3)ccc1O. The summed E-state index contributed by atoms with van der Waals surface area (Å²) < 4.78 is 0. The average molecular weight is 380 g/mol. The minimum atomic E-state index is -1.11. The lowest BCUT2D eigenvalue weighted by Crippen LogP contribution is -2.55. The third-order valence-corrected chi connectivity index (χ3v) is 7.49. The molecule has 5 nitrogen and oxygen atoms in total. The van der Waals surface area contributed by atoms with Crippen LogP contribution in [0.25, 0.3) is 0 Å². The fourth-order valence-electron chi connectivity index (χ4n) is 6.83. The summed E-state index contributed by atoms with van der Waals surface area (Å²) in [5.74, 6) is -0.354. The molecule has 4 fully saturated rings. The van der Waals surface area contributed by atoms with E-state index in [1.54, 1.807) is 18.2 Å². The van der Waals surface area contributed by atoms with E-state index in [1.807, 2.05) is 12.1 Å². The molecule has 4 bridgehead atoms. The fourth-order valence-corrected chi connectivity index (χ4v) is 6.83. The van der Waals surface area contributed by atoms with E-state index in [1.165, 1.54) is 12.5 Å². The van der Waals surface area contributed by atoms with Crippen molar-refractivity contribution in [2.24, 2.45) is 11.8 Å². The van der Waals surface area contributed by atoms with E-state index in [0.29, 0.717) is 11.8 Å². The molecule has 2 aromatic carbocycles. The van der Waals surface area contributed by atoms with Crippen molar-refractivity contribution >= 4 is 5.97 Å². The van der Waals surface area contributed by atoms with E-state index in [9.17, 15) is 25.2 Å². The Morgan fingerprint density at radius 3 is 1.86 bits per heavy atom. The molecule has 0 aliphatic heterocycles. The molecule has 28 heavy (non-hydrogen) atoms. The van der Waals surface area contributed by atoms with Crippen LogP contribution in [0.5, 0.6) is 17.2 Å². The van der Waals surface area contributed by atoms with Gasteiger partial charge in [-0.3, -0.25) is 0 Å². The molecular weight excluding hydrogens is 356 g/mol. The lowest BCUT2D eigenvalue weighted by Gasteiger charge is -2.62. The minimum absolute atomic E-state index is 0.0374. The molecule has 2 unspecified atom stereocenters. The molecule has 4 N–H and O–H groups in total. The summed E-state index contributed by atoms with van der Waals surface area (Å²) in [4.78, 5) is 11.5. The number of phenols is 3. The van der Waals surface area contributed by atoms with Crippen LogP contribution >= 0.6 is 0 Å². The molecule has 2 aromatic rings. The lowest BCUT2D eigenvalue weighted by molar-refractivity contribution is -0.0282. The van der Waals surface area contributed by atoms with Crippen molar-refractivity contribution in [1.82, 2.24) is 0 Å². The number of benzene rings is 2. The van der Waals surface area contributed by atoms with Crippen LogP contribution in [0.4, 0.5) is 0 Å². The summed E-state index contributed by atoms with van der Waals surface area (Å²) in [6.07, 6.45) is 6.33. The Balaban J connectivity index is 1.61. The van der Waals surface area contributed by atoms with Gasteiger partial charge in [-0.1, -0.05) is 12.1 Å². The molecule has 4 aliphatic rings. The van der Waals surface area contributed by atoms with Crippen LogP contribution in [0.15, 0.2) is 36.4 Å². The second kappa shape index (κ2) is 5.66.